The molecule has 2 rings (SSSR count). The van der Waals surface area contributed by atoms with Crippen LogP contribution in [0, 0.1) is 0 Å². The van der Waals surface area contributed by atoms with Gasteiger partial charge in [-0.1, -0.05) is 35.5 Å². The third-order valence-corrected chi connectivity index (χ3v) is 2.62. The van der Waals surface area contributed by atoms with Crippen molar-refractivity contribution in [1.82, 2.24) is 10.1 Å². The molecule has 0 N–H and O–H groups in total. The molecular weight excluding hydrogens is 273 g/mol. The van der Waals surface area contributed by atoms with Crippen LogP contribution in [0.15, 0.2) is 34.9 Å². The fourth-order valence-electron chi connectivity index (χ4n) is 1.60. The third-order valence-electron chi connectivity index (χ3n) is 2.62. The molecule has 0 unspecified atom stereocenters. The lowest BCUT2D eigenvalue weighted by Gasteiger charge is -2.00. The van der Waals surface area contributed by atoms with Gasteiger partial charge in [0.25, 0.3) is 0 Å². The first-order valence-electron chi connectivity index (χ1n) is 5.90. The van der Waals surface area contributed by atoms with Crippen LogP contribution in [-0.2, 0) is 24.1 Å². The van der Waals surface area contributed by atoms with Gasteiger partial charge in [0.2, 0.25) is 11.7 Å². The highest BCUT2D eigenvalue weighted by atomic mass is 19.4. The third kappa shape index (κ3) is 3.91. The predicted octanol–water partition coefficient (Wildman–Crippen LogP) is 2.53. The lowest BCUT2D eigenvalue weighted by Crippen LogP contribution is -2.24. The minimum atomic E-state index is -4.88. The van der Waals surface area contributed by atoms with Crippen LogP contribution in [0.1, 0.15) is 17.3 Å². The number of halogens is 3. The first kappa shape index (κ1) is 14.2. The first-order valence-corrected chi connectivity index (χ1v) is 5.90. The second-order valence-corrected chi connectivity index (χ2v) is 4.19. The Morgan fingerprint density at radius 2 is 1.85 bits per heavy atom. The number of benzene rings is 1. The van der Waals surface area contributed by atoms with Gasteiger partial charge in [0.1, 0.15) is 0 Å². The molecule has 1 aromatic carbocycles. The topological polar surface area (TPSA) is 56.0 Å². The summed E-state index contributed by atoms with van der Waals surface area (Å²) in [5.74, 6) is -1.91. The summed E-state index contributed by atoms with van der Waals surface area (Å²) >= 11 is 0. The number of aryl methyl sites for hydroxylation is 2. The van der Waals surface area contributed by atoms with E-state index in [0.29, 0.717) is 18.7 Å². The maximum Gasteiger partial charge on any atom is 0.450 e. The molecule has 106 valence electrons. The number of hydrogen-bond acceptors (Lipinski definition) is 4. The number of ketones is 1. The summed E-state index contributed by atoms with van der Waals surface area (Å²) in [6.07, 6.45) is -4.71. The van der Waals surface area contributed by atoms with Crippen molar-refractivity contribution >= 4 is 5.78 Å². The van der Waals surface area contributed by atoms with E-state index in [2.05, 4.69) is 14.7 Å². The van der Waals surface area contributed by atoms with Crippen LogP contribution >= 0.6 is 0 Å². The zero-order valence-electron chi connectivity index (χ0n) is 10.4. The van der Waals surface area contributed by atoms with E-state index in [9.17, 15) is 18.0 Å². The van der Waals surface area contributed by atoms with Crippen molar-refractivity contribution in [3.8, 4) is 0 Å². The zero-order chi connectivity index (χ0) is 14.6. The van der Waals surface area contributed by atoms with Crippen LogP contribution in [-0.4, -0.2) is 22.1 Å². The van der Waals surface area contributed by atoms with E-state index in [1.807, 2.05) is 30.3 Å². The van der Waals surface area contributed by atoms with Gasteiger partial charge < -0.3 is 4.52 Å². The number of rotatable bonds is 5. The van der Waals surface area contributed by atoms with Crippen molar-refractivity contribution in [2.45, 2.75) is 25.4 Å². The van der Waals surface area contributed by atoms with Crippen molar-refractivity contribution in [3.05, 3.63) is 47.6 Å². The van der Waals surface area contributed by atoms with E-state index in [0.717, 1.165) is 5.56 Å². The minimum Gasteiger partial charge on any atom is -0.339 e. The highest BCUT2D eigenvalue weighted by Gasteiger charge is 2.39. The Labute approximate surface area is 112 Å². The molecule has 0 fully saturated rings. The van der Waals surface area contributed by atoms with Crippen molar-refractivity contribution in [3.63, 3.8) is 0 Å². The molecule has 0 aliphatic carbocycles. The summed E-state index contributed by atoms with van der Waals surface area (Å²) in [6, 6.07) is 9.51. The van der Waals surface area contributed by atoms with Gasteiger partial charge in [-0.25, -0.2) is 0 Å². The molecule has 0 saturated heterocycles. The van der Waals surface area contributed by atoms with E-state index < -0.39 is 18.4 Å². The van der Waals surface area contributed by atoms with Gasteiger partial charge in [-0.3, -0.25) is 4.79 Å². The Morgan fingerprint density at radius 3 is 2.50 bits per heavy atom. The van der Waals surface area contributed by atoms with Crippen LogP contribution in [0.2, 0.25) is 0 Å². The summed E-state index contributed by atoms with van der Waals surface area (Å²) in [5.41, 5.74) is 1.06. The average Bonchev–Trinajstić information content (AvgIpc) is 2.84. The molecule has 2 aromatic rings. The summed E-state index contributed by atoms with van der Waals surface area (Å²) in [5, 5.41) is 3.56. The molecule has 0 aliphatic rings. The summed E-state index contributed by atoms with van der Waals surface area (Å²) < 4.78 is 40.9. The highest BCUT2D eigenvalue weighted by Crippen LogP contribution is 2.18. The molecule has 20 heavy (non-hydrogen) atoms. The Hall–Kier alpha value is -2.18. The minimum absolute atomic E-state index is 0.291. The molecule has 1 heterocycles. The SMILES string of the molecule is O=C(Cc1nc(CCc2ccccc2)no1)C(F)(F)F. The number of nitrogens with zero attached hydrogens (tertiary/aromatic N) is 2. The maximum atomic E-state index is 12.1. The van der Waals surface area contributed by atoms with Crippen molar-refractivity contribution in [2.75, 3.05) is 0 Å². The van der Waals surface area contributed by atoms with E-state index in [1.54, 1.807) is 0 Å². The molecule has 0 amide bonds. The standard InChI is InChI=1S/C13H11F3N2O2/c14-13(15,16)10(19)8-12-17-11(18-20-12)7-6-9-4-2-1-3-5-9/h1-5H,6-8H2. The lowest BCUT2D eigenvalue weighted by atomic mass is 10.1. The van der Waals surface area contributed by atoms with Crippen LogP contribution in [0.3, 0.4) is 0 Å². The number of Topliss-reactive ketones (excluding diaryl/α,β-unsaturated/α-hetero) is 1. The van der Waals surface area contributed by atoms with E-state index in [-0.39, 0.29) is 5.89 Å². The molecule has 1 aromatic heterocycles. The quantitative estimate of drug-likeness (QED) is 0.846. The molecule has 0 saturated carbocycles. The zero-order valence-corrected chi connectivity index (χ0v) is 10.4. The van der Waals surface area contributed by atoms with Crippen LogP contribution in [0.5, 0.6) is 0 Å². The number of carbonyl (C=O) groups is 1. The molecule has 0 radical (unpaired) electrons. The van der Waals surface area contributed by atoms with Crippen LogP contribution < -0.4 is 0 Å². The average molecular weight is 284 g/mol. The number of hydrogen-bond donors (Lipinski definition) is 0. The molecule has 0 atom stereocenters. The van der Waals surface area contributed by atoms with Gasteiger partial charge in [0.15, 0.2) is 5.82 Å². The Kier molecular flexibility index (Phi) is 4.16. The van der Waals surface area contributed by atoms with Crippen molar-refractivity contribution in [2.24, 2.45) is 0 Å². The van der Waals surface area contributed by atoms with Gasteiger partial charge in [-0.2, -0.15) is 18.2 Å². The van der Waals surface area contributed by atoms with E-state index >= 15 is 0 Å². The maximum absolute atomic E-state index is 12.1. The molecule has 0 bridgehead atoms. The molecule has 4 nitrogen and oxygen atoms in total. The Balaban J connectivity index is 1.91. The van der Waals surface area contributed by atoms with E-state index in [1.165, 1.54) is 0 Å². The summed E-state index contributed by atoms with van der Waals surface area (Å²) in [6.45, 7) is 0. The lowest BCUT2D eigenvalue weighted by molar-refractivity contribution is -0.170. The largest absolute Gasteiger partial charge is 0.450 e. The van der Waals surface area contributed by atoms with Crippen LogP contribution in [0.4, 0.5) is 13.2 Å². The normalized spacial score (nSPS) is 11.6. The number of aromatic nitrogens is 2. The smallest absolute Gasteiger partial charge is 0.339 e. The summed E-state index contributed by atoms with van der Waals surface area (Å²) in [4.78, 5) is 14.6. The molecular formula is C13H11F3N2O2. The highest BCUT2D eigenvalue weighted by molar-refractivity contribution is 5.85. The van der Waals surface area contributed by atoms with Gasteiger partial charge in [0, 0.05) is 6.42 Å². The Morgan fingerprint density at radius 1 is 1.15 bits per heavy atom. The van der Waals surface area contributed by atoms with Gasteiger partial charge in [-0.15, -0.1) is 0 Å². The molecule has 7 heteroatoms. The second-order valence-electron chi connectivity index (χ2n) is 4.19. The molecule has 0 aliphatic heterocycles. The van der Waals surface area contributed by atoms with E-state index in [4.69, 9.17) is 0 Å². The molecule has 0 spiro atoms. The van der Waals surface area contributed by atoms with Crippen molar-refractivity contribution in [1.29, 1.82) is 0 Å². The number of alkyl halides is 3. The van der Waals surface area contributed by atoms with Gasteiger partial charge in [-0.05, 0) is 12.0 Å². The second kappa shape index (κ2) is 5.85. The predicted molar refractivity (Wildman–Crippen MR) is 62.9 cm³/mol. The van der Waals surface area contributed by atoms with Crippen molar-refractivity contribution < 1.29 is 22.5 Å². The van der Waals surface area contributed by atoms with Gasteiger partial charge in [0.05, 0.1) is 6.42 Å². The fraction of sp³-hybridized carbons (Fsp3) is 0.308. The fourth-order valence-corrected chi connectivity index (χ4v) is 1.60. The first-order chi connectivity index (χ1) is 9.45. The monoisotopic (exact) mass is 284 g/mol. The Bertz CT molecular complexity index is 579. The number of carbonyl (C=O) groups excluding carboxylic acids is 1. The van der Waals surface area contributed by atoms with Gasteiger partial charge >= 0.3 is 6.18 Å². The summed E-state index contributed by atoms with van der Waals surface area (Å²) in [7, 11) is 0. The van der Waals surface area contributed by atoms with Crippen LogP contribution in [0.25, 0.3) is 0 Å².